The second-order valence-corrected chi connectivity index (χ2v) is 6.99. The van der Waals surface area contributed by atoms with Gasteiger partial charge in [0.05, 0.1) is 12.8 Å². The van der Waals surface area contributed by atoms with E-state index in [4.69, 9.17) is 21.1 Å². The van der Waals surface area contributed by atoms with E-state index in [1.165, 1.54) is 12.3 Å². The minimum absolute atomic E-state index is 0.172. The topological polar surface area (TPSA) is 118 Å². The molecule has 0 aliphatic carbocycles. The van der Waals surface area contributed by atoms with E-state index in [9.17, 15) is 14.4 Å². The Morgan fingerprint density at radius 2 is 1.91 bits per heavy atom. The lowest BCUT2D eigenvalue weighted by molar-refractivity contribution is -0.139. The van der Waals surface area contributed by atoms with Gasteiger partial charge in [-0.3, -0.25) is 14.4 Å². The van der Waals surface area contributed by atoms with Crippen molar-refractivity contribution < 1.29 is 23.9 Å². The molecule has 0 aromatic heterocycles. The molecule has 3 amide bonds. The van der Waals surface area contributed by atoms with Gasteiger partial charge in [0, 0.05) is 17.3 Å². The molecule has 174 valence electrons. The minimum Gasteiger partial charge on any atom is -0.490 e. The van der Waals surface area contributed by atoms with Crippen molar-refractivity contribution in [1.29, 1.82) is 0 Å². The number of carbonyl (C=O) groups excluding carboxylic acids is 3. The predicted octanol–water partition coefficient (Wildman–Crippen LogP) is 2.82. The highest BCUT2D eigenvalue weighted by atomic mass is 35.5. The molecule has 0 aliphatic heterocycles. The number of carbonyl (C=O) groups is 3. The van der Waals surface area contributed by atoms with Crippen molar-refractivity contribution in [2.24, 2.45) is 5.10 Å². The predicted molar refractivity (Wildman–Crippen MR) is 127 cm³/mol. The number of amides is 3. The molecule has 0 unspecified atom stereocenters. The molecule has 33 heavy (non-hydrogen) atoms. The first-order valence-electron chi connectivity index (χ1n) is 10.0. The normalized spacial score (nSPS) is 10.4. The molecule has 0 fully saturated rings. The molecule has 0 heterocycles. The molecular weight excluding hydrogens is 448 g/mol. The van der Waals surface area contributed by atoms with Gasteiger partial charge in [0.15, 0.2) is 18.1 Å². The fourth-order valence-electron chi connectivity index (χ4n) is 2.53. The van der Waals surface area contributed by atoms with Crippen molar-refractivity contribution in [2.45, 2.75) is 13.8 Å². The van der Waals surface area contributed by atoms with Crippen LogP contribution in [0.4, 0.5) is 5.69 Å². The quantitative estimate of drug-likeness (QED) is 0.213. The Morgan fingerprint density at radius 3 is 2.64 bits per heavy atom. The highest BCUT2D eigenvalue weighted by Crippen LogP contribution is 2.28. The summed E-state index contributed by atoms with van der Waals surface area (Å²) in [7, 11) is 0. The number of anilines is 1. The summed E-state index contributed by atoms with van der Waals surface area (Å²) in [5.41, 5.74) is 4.07. The smallest absolute Gasteiger partial charge is 0.329 e. The lowest BCUT2D eigenvalue weighted by Crippen LogP contribution is -2.37. The van der Waals surface area contributed by atoms with Crippen LogP contribution in [-0.2, 0) is 14.4 Å². The molecule has 2 aromatic carbocycles. The molecule has 2 rings (SSSR count). The number of ether oxygens (including phenoxy) is 2. The molecule has 0 atom stereocenters. The minimum atomic E-state index is -0.904. The number of nitrogens with one attached hydrogen (secondary N) is 3. The summed E-state index contributed by atoms with van der Waals surface area (Å²) >= 11 is 6.07. The third-order valence-electron chi connectivity index (χ3n) is 4.16. The summed E-state index contributed by atoms with van der Waals surface area (Å²) < 4.78 is 11.2. The summed E-state index contributed by atoms with van der Waals surface area (Å²) in [6.45, 7) is 7.36. The van der Waals surface area contributed by atoms with Crippen LogP contribution in [-0.4, -0.2) is 43.7 Å². The number of hydrogen-bond donors (Lipinski definition) is 3. The van der Waals surface area contributed by atoms with E-state index in [0.29, 0.717) is 34.4 Å². The first kappa shape index (κ1) is 25.4. The van der Waals surface area contributed by atoms with Crippen LogP contribution in [0.3, 0.4) is 0 Å². The lowest BCUT2D eigenvalue weighted by Gasteiger charge is -2.13. The zero-order valence-electron chi connectivity index (χ0n) is 18.3. The number of benzene rings is 2. The molecular formula is C23H25ClN4O5. The fraction of sp³-hybridized carbons (Fsp3) is 0.217. The van der Waals surface area contributed by atoms with Crippen molar-refractivity contribution in [3.63, 3.8) is 0 Å². The van der Waals surface area contributed by atoms with Crippen LogP contribution in [0.25, 0.3) is 0 Å². The van der Waals surface area contributed by atoms with E-state index in [1.54, 1.807) is 43.3 Å². The van der Waals surface area contributed by atoms with Gasteiger partial charge in [-0.1, -0.05) is 23.7 Å². The Kier molecular flexibility index (Phi) is 9.91. The third-order valence-corrected chi connectivity index (χ3v) is 4.57. The second kappa shape index (κ2) is 12.9. The van der Waals surface area contributed by atoms with Crippen molar-refractivity contribution in [1.82, 2.24) is 10.7 Å². The number of nitrogens with zero attached hydrogens (tertiary/aromatic N) is 1. The molecule has 0 aliphatic rings. The van der Waals surface area contributed by atoms with Gasteiger partial charge in [-0.15, -0.1) is 6.58 Å². The fourth-order valence-corrected chi connectivity index (χ4v) is 2.70. The lowest BCUT2D eigenvalue weighted by atomic mass is 10.2. The molecule has 2 aromatic rings. The van der Waals surface area contributed by atoms with Crippen LogP contribution in [0.5, 0.6) is 11.5 Å². The molecule has 0 saturated carbocycles. The SMILES string of the molecule is C=CCNC(=O)C(=O)N/N=C\c1ccc(OCC(=O)Nc2cccc(Cl)c2C)c(OCC)c1. The summed E-state index contributed by atoms with van der Waals surface area (Å²) in [5, 5.41) is 9.40. The van der Waals surface area contributed by atoms with E-state index >= 15 is 0 Å². The Bertz CT molecular complexity index is 1060. The molecule has 0 radical (unpaired) electrons. The Hall–Kier alpha value is -3.85. The Labute approximate surface area is 196 Å². The highest BCUT2D eigenvalue weighted by Gasteiger charge is 2.12. The van der Waals surface area contributed by atoms with Gasteiger partial charge in [0.25, 0.3) is 5.91 Å². The average Bonchev–Trinajstić information content (AvgIpc) is 2.80. The number of hydrazone groups is 1. The van der Waals surface area contributed by atoms with Crippen LogP contribution in [0.15, 0.2) is 54.2 Å². The molecule has 0 bridgehead atoms. The highest BCUT2D eigenvalue weighted by molar-refractivity contribution is 6.35. The average molecular weight is 473 g/mol. The number of hydrogen-bond acceptors (Lipinski definition) is 6. The maximum Gasteiger partial charge on any atom is 0.329 e. The molecule has 0 saturated heterocycles. The van der Waals surface area contributed by atoms with E-state index in [-0.39, 0.29) is 19.1 Å². The van der Waals surface area contributed by atoms with Crippen molar-refractivity contribution in [3.8, 4) is 11.5 Å². The standard InChI is InChI=1S/C23H25ClN4O5/c1-4-11-25-22(30)23(31)28-26-13-16-9-10-19(20(12-16)32-5-2)33-14-21(29)27-18-8-6-7-17(24)15(18)3/h4,6-10,12-13H,1,5,11,14H2,2-3H3,(H,25,30)(H,27,29)(H,28,31)/b26-13-. The first-order chi connectivity index (χ1) is 15.8. The zero-order valence-corrected chi connectivity index (χ0v) is 19.1. The van der Waals surface area contributed by atoms with Crippen LogP contribution < -0.4 is 25.5 Å². The molecule has 10 heteroatoms. The first-order valence-corrected chi connectivity index (χ1v) is 10.4. The molecule has 0 spiro atoms. The Balaban J connectivity index is 1.99. The molecule has 3 N–H and O–H groups in total. The summed E-state index contributed by atoms with van der Waals surface area (Å²) in [6, 6.07) is 10.1. The maximum atomic E-state index is 12.3. The van der Waals surface area contributed by atoms with E-state index < -0.39 is 11.8 Å². The van der Waals surface area contributed by atoms with Crippen LogP contribution in [0.2, 0.25) is 5.02 Å². The summed E-state index contributed by atoms with van der Waals surface area (Å²) in [6.07, 6.45) is 2.80. The number of rotatable bonds is 10. The largest absolute Gasteiger partial charge is 0.490 e. The molecule has 9 nitrogen and oxygen atoms in total. The van der Waals surface area contributed by atoms with Gasteiger partial charge in [0.2, 0.25) is 0 Å². The van der Waals surface area contributed by atoms with Crippen molar-refractivity contribution >= 4 is 41.2 Å². The summed E-state index contributed by atoms with van der Waals surface area (Å²) in [4.78, 5) is 35.4. The van der Waals surface area contributed by atoms with Crippen LogP contribution >= 0.6 is 11.6 Å². The Morgan fingerprint density at radius 1 is 1.12 bits per heavy atom. The zero-order chi connectivity index (χ0) is 24.2. The third kappa shape index (κ3) is 7.97. The van der Waals surface area contributed by atoms with Gasteiger partial charge in [0.1, 0.15) is 0 Å². The van der Waals surface area contributed by atoms with E-state index in [1.807, 2.05) is 6.92 Å². The number of halogens is 1. The van der Waals surface area contributed by atoms with Gasteiger partial charge in [-0.05, 0) is 55.3 Å². The monoisotopic (exact) mass is 472 g/mol. The summed E-state index contributed by atoms with van der Waals surface area (Å²) in [5.74, 6) is -1.33. The van der Waals surface area contributed by atoms with Gasteiger partial charge in [-0.2, -0.15) is 5.10 Å². The van der Waals surface area contributed by atoms with Gasteiger partial charge >= 0.3 is 11.8 Å². The van der Waals surface area contributed by atoms with Gasteiger partial charge in [-0.25, -0.2) is 5.43 Å². The van der Waals surface area contributed by atoms with Crippen LogP contribution in [0.1, 0.15) is 18.1 Å². The van der Waals surface area contributed by atoms with Crippen LogP contribution in [0, 0.1) is 6.92 Å². The van der Waals surface area contributed by atoms with Gasteiger partial charge < -0.3 is 20.1 Å². The van der Waals surface area contributed by atoms with Crippen molar-refractivity contribution in [3.05, 3.63) is 65.2 Å². The second-order valence-electron chi connectivity index (χ2n) is 6.59. The van der Waals surface area contributed by atoms with E-state index in [2.05, 4.69) is 27.7 Å². The maximum absolute atomic E-state index is 12.3. The van der Waals surface area contributed by atoms with Crippen molar-refractivity contribution in [2.75, 3.05) is 25.1 Å². The van der Waals surface area contributed by atoms with E-state index in [0.717, 1.165) is 5.56 Å².